The monoisotopic (exact) mass is 588 g/mol. The van der Waals surface area contributed by atoms with Crippen LogP contribution in [0.5, 0.6) is 5.88 Å². The van der Waals surface area contributed by atoms with Gasteiger partial charge in [0.25, 0.3) is 0 Å². The van der Waals surface area contributed by atoms with Crippen molar-refractivity contribution in [1.29, 1.82) is 0 Å². The van der Waals surface area contributed by atoms with Crippen molar-refractivity contribution in [3.8, 4) is 5.88 Å². The third-order valence-electron chi connectivity index (χ3n) is 7.72. The lowest BCUT2D eigenvalue weighted by atomic mass is 9.85. The molecular weight excluding hydrogens is 554 g/mol. The van der Waals surface area contributed by atoms with Gasteiger partial charge >= 0.3 is 18.0 Å². The standard InChI is InChI=1S/C29H34F2N4O7/c1-28(2,3)23-25(36)35-15-16(14-19(35)26(37)38)41-24-22(32-17-8-4-5-9-18(17)33-24)29(30,31)12-7-13-40-20-10-6-11-21(20)42-27(39)34-23/h4-5,7-9,12,16,19-21,23H,6,10-11,13-15H2,1-3H3,(H,34,39)(H,37,38). The van der Waals surface area contributed by atoms with Crippen LogP contribution in [0.25, 0.3) is 11.0 Å². The number of alkyl carbamates (subject to hydrolysis) is 1. The topological polar surface area (TPSA) is 140 Å². The van der Waals surface area contributed by atoms with Crippen LogP contribution in [0.15, 0.2) is 36.4 Å². The van der Waals surface area contributed by atoms with E-state index in [1.807, 2.05) is 0 Å². The lowest BCUT2D eigenvalue weighted by Crippen LogP contribution is -2.57. The summed E-state index contributed by atoms with van der Waals surface area (Å²) in [5.41, 5.74) is -1.02. The van der Waals surface area contributed by atoms with Crippen molar-refractivity contribution in [3.05, 3.63) is 42.1 Å². The Morgan fingerprint density at radius 2 is 1.79 bits per heavy atom. The van der Waals surface area contributed by atoms with Crippen LogP contribution in [0, 0.1) is 5.41 Å². The highest BCUT2D eigenvalue weighted by molar-refractivity contribution is 5.90. The summed E-state index contributed by atoms with van der Waals surface area (Å²) in [5.74, 6) is -6.03. The van der Waals surface area contributed by atoms with Gasteiger partial charge in [0.1, 0.15) is 24.3 Å². The van der Waals surface area contributed by atoms with Gasteiger partial charge in [-0.2, -0.15) is 8.78 Å². The summed E-state index contributed by atoms with van der Waals surface area (Å²) in [4.78, 5) is 48.5. The normalized spacial score (nSPS) is 28.6. The van der Waals surface area contributed by atoms with Crippen LogP contribution in [-0.2, 0) is 25.0 Å². The third kappa shape index (κ3) is 6.15. The van der Waals surface area contributed by atoms with E-state index in [0.29, 0.717) is 30.9 Å². The van der Waals surface area contributed by atoms with Gasteiger partial charge in [0, 0.05) is 6.42 Å². The fourth-order valence-corrected chi connectivity index (χ4v) is 5.58. The van der Waals surface area contributed by atoms with Crippen molar-refractivity contribution in [2.45, 2.75) is 82.8 Å². The molecule has 3 heterocycles. The molecule has 2 N–H and O–H groups in total. The van der Waals surface area contributed by atoms with Crippen LogP contribution in [0.1, 0.15) is 52.1 Å². The van der Waals surface area contributed by atoms with Crippen LogP contribution >= 0.6 is 0 Å². The van der Waals surface area contributed by atoms with Crippen LogP contribution < -0.4 is 10.1 Å². The number of nitrogens with zero attached hydrogens (tertiary/aromatic N) is 3. The van der Waals surface area contributed by atoms with E-state index in [0.717, 1.165) is 4.90 Å². The Hall–Kier alpha value is -3.87. The molecular formula is C29H34F2N4O7. The van der Waals surface area contributed by atoms with Crippen molar-refractivity contribution in [2.75, 3.05) is 13.2 Å². The maximum absolute atomic E-state index is 15.6. The van der Waals surface area contributed by atoms with E-state index in [-0.39, 0.29) is 25.1 Å². The Morgan fingerprint density at radius 1 is 1.10 bits per heavy atom. The molecule has 226 valence electrons. The molecule has 1 aromatic carbocycles. The molecule has 0 spiro atoms. The van der Waals surface area contributed by atoms with E-state index < -0.39 is 71.3 Å². The molecule has 0 radical (unpaired) electrons. The largest absolute Gasteiger partial charge is 0.480 e. The molecule has 42 heavy (non-hydrogen) atoms. The first-order valence-electron chi connectivity index (χ1n) is 13.9. The summed E-state index contributed by atoms with van der Waals surface area (Å²) in [6.45, 7) is 4.80. The number of hydrogen-bond acceptors (Lipinski definition) is 8. The van der Waals surface area contributed by atoms with E-state index >= 15 is 8.78 Å². The molecule has 1 aromatic heterocycles. The van der Waals surface area contributed by atoms with Gasteiger partial charge in [-0.05, 0) is 42.9 Å². The summed E-state index contributed by atoms with van der Waals surface area (Å²) >= 11 is 0. The number of amides is 2. The Balaban J connectivity index is 1.56. The Labute approximate surface area is 241 Å². The van der Waals surface area contributed by atoms with E-state index in [4.69, 9.17) is 14.2 Å². The zero-order valence-corrected chi connectivity index (χ0v) is 23.6. The number of carboxylic acid groups (broad SMARTS) is 1. The van der Waals surface area contributed by atoms with Gasteiger partial charge in [-0.15, -0.1) is 0 Å². The Morgan fingerprint density at radius 3 is 2.48 bits per heavy atom. The van der Waals surface area contributed by atoms with E-state index in [1.165, 1.54) is 6.08 Å². The number of para-hydroxylation sites is 2. The predicted octanol–water partition coefficient (Wildman–Crippen LogP) is 3.80. The number of fused-ring (bicyclic) bond motifs is 5. The smallest absolute Gasteiger partial charge is 0.408 e. The number of nitrogens with one attached hydrogen (secondary N) is 1. The van der Waals surface area contributed by atoms with E-state index in [9.17, 15) is 19.5 Å². The summed E-state index contributed by atoms with van der Waals surface area (Å²) in [7, 11) is 0. The molecule has 2 amide bonds. The molecule has 2 aromatic rings. The van der Waals surface area contributed by atoms with Crippen molar-refractivity contribution >= 4 is 29.0 Å². The molecule has 1 saturated heterocycles. The molecule has 2 aliphatic heterocycles. The second-order valence-corrected chi connectivity index (χ2v) is 11.9. The molecule has 2 bridgehead atoms. The van der Waals surface area contributed by atoms with Gasteiger partial charge < -0.3 is 29.5 Å². The molecule has 5 rings (SSSR count). The van der Waals surface area contributed by atoms with Gasteiger partial charge in [0.2, 0.25) is 11.8 Å². The van der Waals surface area contributed by atoms with E-state index in [1.54, 1.807) is 45.0 Å². The Kier molecular flexibility index (Phi) is 8.06. The number of halogens is 2. The van der Waals surface area contributed by atoms with Gasteiger partial charge in [-0.25, -0.2) is 19.6 Å². The van der Waals surface area contributed by atoms with Crippen LogP contribution in [0.4, 0.5) is 13.6 Å². The molecule has 13 heteroatoms. The lowest BCUT2D eigenvalue weighted by Gasteiger charge is -2.35. The highest BCUT2D eigenvalue weighted by atomic mass is 19.3. The lowest BCUT2D eigenvalue weighted by molar-refractivity contribution is -0.150. The van der Waals surface area contributed by atoms with Gasteiger partial charge in [0.15, 0.2) is 5.69 Å². The number of allylic oxidation sites excluding steroid dienone is 1. The maximum atomic E-state index is 15.6. The number of alkyl halides is 2. The minimum absolute atomic E-state index is 0.167. The fourth-order valence-electron chi connectivity index (χ4n) is 5.58. The van der Waals surface area contributed by atoms with Crippen molar-refractivity contribution < 1.29 is 42.5 Å². The van der Waals surface area contributed by atoms with Crippen molar-refractivity contribution in [1.82, 2.24) is 20.2 Å². The average molecular weight is 589 g/mol. The van der Waals surface area contributed by atoms with Crippen molar-refractivity contribution in [2.24, 2.45) is 5.41 Å². The first-order chi connectivity index (χ1) is 19.8. The zero-order chi connectivity index (χ0) is 30.2. The molecule has 5 atom stereocenters. The van der Waals surface area contributed by atoms with Gasteiger partial charge in [-0.1, -0.05) is 39.0 Å². The quantitative estimate of drug-likeness (QED) is 0.476. The highest BCUT2D eigenvalue weighted by Gasteiger charge is 2.47. The number of rotatable bonds is 1. The summed E-state index contributed by atoms with van der Waals surface area (Å²) in [6, 6.07) is 4.01. The highest BCUT2D eigenvalue weighted by Crippen LogP contribution is 2.37. The van der Waals surface area contributed by atoms with Crippen LogP contribution in [0.2, 0.25) is 0 Å². The Bertz CT molecular complexity index is 1400. The van der Waals surface area contributed by atoms with Gasteiger partial charge in [-0.3, -0.25) is 4.79 Å². The van der Waals surface area contributed by atoms with Crippen molar-refractivity contribution in [3.63, 3.8) is 0 Å². The van der Waals surface area contributed by atoms with E-state index in [2.05, 4.69) is 15.3 Å². The second kappa shape index (κ2) is 11.4. The second-order valence-electron chi connectivity index (χ2n) is 11.9. The number of benzene rings is 1. The minimum Gasteiger partial charge on any atom is -0.480 e. The number of aliphatic carboxylic acids is 1. The number of carboxylic acids is 1. The number of carbonyl (C=O) groups excluding carboxylic acids is 2. The third-order valence-corrected chi connectivity index (χ3v) is 7.72. The number of aromatic nitrogens is 2. The maximum Gasteiger partial charge on any atom is 0.408 e. The molecule has 2 fully saturated rings. The van der Waals surface area contributed by atoms with Crippen LogP contribution in [-0.4, -0.2) is 81.5 Å². The summed E-state index contributed by atoms with van der Waals surface area (Å²) in [6.07, 6.45) is 0.419. The fraction of sp³-hybridized carbons (Fsp3) is 0.552. The molecule has 3 aliphatic rings. The predicted molar refractivity (Wildman–Crippen MR) is 145 cm³/mol. The first-order valence-corrected chi connectivity index (χ1v) is 13.9. The molecule has 1 saturated carbocycles. The van der Waals surface area contributed by atoms with Crippen LogP contribution in [0.3, 0.4) is 0 Å². The minimum atomic E-state index is -3.62. The van der Waals surface area contributed by atoms with Gasteiger partial charge in [0.05, 0.1) is 30.3 Å². The molecule has 11 nitrogen and oxygen atoms in total. The first kappa shape index (κ1) is 29.6. The molecule has 1 aliphatic carbocycles. The number of carbonyl (C=O) groups is 3. The summed E-state index contributed by atoms with van der Waals surface area (Å²) < 4.78 is 48.5. The number of hydrogen-bond donors (Lipinski definition) is 2. The SMILES string of the molecule is CC(C)(C)C1NC(=O)OC2CCCC2OCC=CC(F)(F)c2nc3ccccc3nc2OC2CC(C(=O)O)N(C2)C1=O. The number of ether oxygens (including phenoxy) is 3. The molecule has 5 unspecified atom stereocenters. The summed E-state index contributed by atoms with van der Waals surface area (Å²) in [5, 5.41) is 12.6. The zero-order valence-electron chi connectivity index (χ0n) is 23.6. The average Bonchev–Trinajstić information content (AvgIpc) is 3.55.